The zero-order valence-corrected chi connectivity index (χ0v) is 16.4. The molecule has 5 heteroatoms. The molecule has 1 N–H and O–H groups in total. The maximum atomic E-state index is 12.4. The number of benzene rings is 2. The van der Waals surface area contributed by atoms with Crippen LogP contribution in [0.1, 0.15) is 51.2 Å². The van der Waals surface area contributed by atoms with E-state index in [-0.39, 0.29) is 17.9 Å². The van der Waals surface area contributed by atoms with Gasteiger partial charge in [0.2, 0.25) is 5.91 Å². The van der Waals surface area contributed by atoms with Crippen LogP contribution in [0, 0.1) is 0 Å². The van der Waals surface area contributed by atoms with Gasteiger partial charge < -0.3 is 19.5 Å². The smallest absolute Gasteiger partial charge is 0.225 e. The quantitative estimate of drug-likeness (QED) is 0.765. The average molecular weight is 369 g/mol. The zero-order valence-electron chi connectivity index (χ0n) is 16.4. The van der Waals surface area contributed by atoms with E-state index in [4.69, 9.17) is 14.2 Å². The second-order valence-corrected chi connectivity index (χ2v) is 6.76. The number of amides is 1. The third kappa shape index (κ3) is 4.18. The highest BCUT2D eigenvalue weighted by Crippen LogP contribution is 2.45. The van der Waals surface area contributed by atoms with Gasteiger partial charge in [0, 0.05) is 29.7 Å². The van der Waals surface area contributed by atoms with Crippen molar-refractivity contribution in [3.63, 3.8) is 0 Å². The Morgan fingerprint density at radius 1 is 1.00 bits per heavy atom. The van der Waals surface area contributed by atoms with Gasteiger partial charge in [-0.05, 0) is 45.4 Å². The highest BCUT2D eigenvalue weighted by Gasteiger charge is 2.30. The van der Waals surface area contributed by atoms with Gasteiger partial charge in [-0.3, -0.25) is 4.79 Å². The Kier molecular flexibility index (Phi) is 5.89. The van der Waals surface area contributed by atoms with E-state index >= 15 is 0 Å². The molecule has 2 aromatic carbocycles. The number of hydrogen-bond donors (Lipinski definition) is 1. The molecule has 3 rings (SSSR count). The number of carbonyl (C=O) groups is 1. The molecule has 0 saturated heterocycles. The number of para-hydroxylation sites is 1. The van der Waals surface area contributed by atoms with Crippen LogP contribution in [0.15, 0.2) is 36.4 Å². The lowest BCUT2D eigenvalue weighted by molar-refractivity contribution is -0.116. The van der Waals surface area contributed by atoms with Gasteiger partial charge in [0.05, 0.1) is 19.3 Å². The van der Waals surface area contributed by atoms with Crippen LogP contribution in [0.25, 0.3) is 0 Å². The fourth-order valence-corrected chi connectivity index (χ4v) is 3.41. The fourth-order valence-electron chi connectivity index (χ4n) is 3.41. The van der Waals surface area contributed by atoms with Crippen LogP contribution in [0.4, 0.5) is 5.69 Å². The lowest BCUT2D eigenvalue weighted by Gasteiger charge is -2.29. The van der Waals surface area contributed by atoms with Gasteiger partial charge in [-0.2, -0.15) is 0 Å². The molecule has 2 aromatic rings. The maximum absolute atomic E-state index is 12.4. The Morgan fingerprint density at radius 3 is 2.33 bits per heavy atom. The summed E-state index contributed by atoms with van der Waals surface area (Å²) in [5.41, 5.74) is 2.79. The third-order valence-corrected chi connectivity index (χ3v) is 4.41. The standard InChI is InChI=1S/C22H27NO4/c1-5-25-20-11-17-16(15-9-7-8-10-19(15)27-14(3)4)12-22(24)23-18(17)13-21(20)26-6-2/h7-11,13-14,16H,5-6,12H2,1-4H3,(H,23,24). The monoisotopic (exact) mass is 369 g/mol. The molecule has 0 aromatic heterocycles. The molecule has 1 heterocycles. The van der Waals surface area contributed by atoms with Crippen LogP contribution in [-0.4, -0.2) is 25.2 Å². The molecule has 1 aliphatic rings. The van der Waals surface area contributed by atoms with Crippen LogP contribution in [0.3, 0.4) is 0 Å². The van der Waals surface area contributed by atoms with Gasteiger partial charge in [0.25, 0.3) is 0 Å². The molecule has 0 radical (unpaired) electrons. The van der Waals surface area contributed by atoms with Crippen molar-refractivity contribution in [1.82, 2.24) is 0 Å². The third-order valence-electron chi connectivity index (χ3n) is 4.41. The second-order valence-electron chi connectivity index (χ2n) is 6.76. The normalized spacial score (nSPS) is 15.9. The molecule has 27 heavy (non-hydrogen) atoms. The van der Waals surface area contributed by atoms with Crippen molar-refractivity contribution in [3.8, 4) is 17.2 Å². The van der Waals surface area contributed by atoms with E-state index < -0.39 is 0 Å². The molecule has 1 aliphatic heterocycles. The number of carbonyl (C=O) groups excluding carboxylic acids is 1. The first-order chi connectivity index (χ1) is 13.0. The first kappa shape index (κ1) is 19.1. The molecule has 0 saturated carbocycles. The molecule has 1 amide bonds. The van der Waals surface area contributed by atoms with Crippen molar-refractivity contribution in [1.29, 1.82) is 0 Å². The molecule has 0 spiro atoms. The molecule has 1 atom stereocenters. The minimum Gasteiger partial charge on any atom is -0.491 e. The molecule has 1 unspecified atom stereocenters. The van der Waals surface area contributed by atoms with Crippen LogP contribution in [0.2, 0.25) is 0 Å². The Morgan fingerprint density at radius 2 is 1.67 bits per heavy atom. The summed E-state index contributed by atoms with van der Waals surface area (Å²) in [7, 11) is 0. The SMILES string of the molecule is CCOc1cc2c(cc1OCC)C(c1ccccc1OC(C)C)CC(=O)N2. The van der Waals surface area contributed by atoms with E-state index in [9.17, 15) is 4.79 Å². The van der Waals surface area contributed by atoms with E-state index in [1.54, 1.807) is 0 Å². The molecule has 5 nitrogen and oxygen atoms in total. The average Bonchev–Trinajstić information content (AvgIpc) is 2.62. The largest absolute Gasteiger partial charge is 0.491 e. The lowest BCUT2D eigenvalue weighted by atomic mass is 9.84. The van der Waals surface area contributed by atoms with E-state index in [2.05, 4.69) is 5.32 Å². The second kappa shape index (κ2) is 8.33. The number of rotatable bonds is 7. The van der Waals surface area contributed by atoms with E-state index in [1.165, 1.54) is 0 Å². The molecular formula is C22H27NO4. The number of anilines is 1. The first-order valence-electron chi connectivity index (χ1n) is 9.52. The number of nitrogens with one attached hydrogen (secondary N) is 1. The van der Waals surface area contributed by atoms with Crippen LogP contribution in [-0.2, 0) is 4.79 Å². The Bertz CT molecular complexity index is 816. The summed E-state index contributed by atoms with van der Waals surface area (Å²) in [5, 5.41) is 2.97. The Labute approximate surface area is 160 Å². The van der Waals surface area contributed by atoms with Crippen molar-refractivity contribution in [2.45, 2.75) is 46.1 Å². The van der Waals surface area contributed by atoms with Crippen molar-refractivity contribution in [3.05, 3.63) is 47.5 Å². The lowest BCUT2D eigenvalue weighted by Crippen LogP contribution is -2.24. The number of fused-ring (bicyclic) bond motifs is 1. The molecule has 144 valence electrons. The first-order valence-corrected chi connectivity index (χ1v) is 9.52. The summed E-state index contributed by atoms with van der Waals surface area (Å²) in [4.78, 5) is 12.4. The summed E-state index contributed by atoms with van der Waals surface area (Å²) < 4.78 is 17.5. The highest BCUT2D eigenvalue weighted by atomic mass is 16.5. The van der Waals surface area contributed by atoms with Gasteiger partial charge in [-0.1, -0.05) is 18.2 Å². The molecule has 0 fully saturated rings. The van der Waals surface area contributed by atoms with Crippen molar-refractivity contribution >= 4 is 11.6 Å². The molecule has 0 aliphatic carbocycles. The van der Waals surface area contributed by atoms with Crippen LogP contribution < -0.4 is 19.5 Å². The predicted octanol–water partition coefficient (Wildman–Crippen LogP) is 4.75. The van der Waals surface area contributed by atoms with E-state index in [0.29, 0.717) is 31.1 Å². The topological polar surface area (TPSA) is 56.8 Å². The Hall–Kier alpha value is -2.69. The minimum atomic E-state index is -0.0985. The fraction of sp³-hybridized carbons (Fsp3) is 0.409. The predicted molar refractivity (Wildman–Crippen MR) is 106 cm³/mol. The summed E-state index contributed by atoms with van der Waals surface area (Å²) in [6.07, 6.45) is 0.424. The van der Waals surface area contributed by atoms with Gasteiger partial charge in [0.1, 0.15) is 5.75 Å². The summed E-state index contributed by atoms with van der Waals surface area (Å²) >= 11 is 0. The van der Waals surface area contributed by atoms with E-state index in [1.807, 2.05) is 64.1 Å². The highest BCUT2D eigenvalue weighted by molar-refractivity contribution is 5.96. The minimum absolute atomic E-state index is 0.0153. The van der Waals surface area contributed by atoms with E-state index in [0.717, 1.165) is 22.6 Å². The summed E-state index contributed by atoms with van der Waals surface area (Å²) in [5.74, 6) is 2.04. The summed E-state index contributed by atoms with van der Waals surface area (Å²) in [6.45, 7) is 8.94. The van der Waals surface area contributed by atoms with Gasteiger partial charge in [-0.15, -0.1) is 0 Å². The molecule has 0 bridgehead atoms. The van der Waals surface area contributed by atoms with Crippen molar-refractivity contribution in [2.75, 3.05) is 18.5 Å². The number of hydrogen-bond acceptors (Lipinski definition) is 4. The zero-order chi connectivity index (χ0) is 19.4. The molecular weight excluding hydrogens is 342 g/mol. The van der Waals surface area contributed by atoms with Crippen LogP contribution in [0.5, 0.6) is 17.2 Å². The van der Waals surface area contributed by atoms with Crippen molar-refractivity contribution < 1.29 is 19.0 Å². The van der Waals surface area contributed by atoms with Crippen molar-refractivity contribution in [2.24, 2.45) is 0 Å². The number of ether oxygens (including phenoxy) is 3. The summed E-state index contributed by atoms with van der Waals surface area (Å²) in [6, 6.07) is 11.8. The van der Waals surface area contributed by atoms with Gasteiger partial charge in [0.15, 0.2) is 11.5 Å². The van der Waals surface area contributed by atoms with Crippen LogP contribution >= 0.6 is 0 Å². The van der Waals surface area contributed by atoms with Gasteiger partial charge >= 0.3 is 0 Å². The maximum Gasteiger partial charge on any atom is 0.225 e. The Balaban J connectivity index is 2.10. The van der Waals surface area contributed by atoms with Gasteiger partial charge in [-0.25, -0.2) is 0 Å².